The van der Waals surface area contributed by atoms with Crippen molar-refractivity contribution in [2.75, 3.05) is 19.0 Å². The van der Waals surface area contributed by atoms with Crippen LogP contribution in [0.2, 0.25) is 0 Å². The summed E-state index contributed by atoms with van der Waals surface area (Å²) >= 11 is 0. The predicted molar refractivity (Wildman–Crippen MR) is 84.7 cm³/mol. The summed E-state index contributed by atoms with van der Waals surface area (Å²) in [7, 11) is 1.55. The summed E-state index contributed by atoms with van der Waals surface area (Å²) in [5.41, 5.74) is 0.889. The Hall–Kier alpha value is -2.89. The minimum atomic E-state index is -0.440. The van der Waals surface area contributed by atoms with Gasteiger partial charge in [-0.25, -0.2) is 4.39 Å². The molecule has 0 aliphatic heterocycles. The van der Waals surface area contributed by atoms with Crippen LogP contribution < -0.4 is 15.4 Å². The zero-order valence-corrected chi connectivity index (χ0v) is 12.6. The van der Waals surface area contributed by atoms with Gasteiger partial charge in [0.25, 0.3) is 0 Å². The number of halogens is 1. The Kier molecular flexibility index (Phi) is 5.68. The smallest absolute Gasteiger partial charge is 0.243 e. The molecule has 23 heavy (non-hydrogen) atoms. The Bertz CT molecular complexity index is 686. The Balaban J connectivity index is 1.79. The maximum absolute atomic E-state index is 13.4. The lowest BCUT2D eigenvalue weighted by Crippen LogP contribution is -2.33. The molecule has 0 aromatic heterocycles. The molecule has 5 nitrogen and oxygen atoms in total. The molecular weight excluding hydrogens is 299 g/mol. The molecule has 2 amide bonds. The van der Waals surface area contributed by atoms with E-state index in [1.165, 1.54) is 12.1 Å². The van der Waals surface area contributed by atoms with E-state index in [0.717, 1.165) is 0 Å². The van der Waals surface area contributed by atoms with Crippen LogP contribution in [0.15, 0.2) is 48.5 Å². The van der Waals surface area contributed by atoms with E-state index in [0.29, 0.717) is 17.0 Å². The van der Waals surface area contributed by atoms with E-state index < -0.39 is 11.7 Å². The van der Waals surface area contributed by atoms with Crippen LogP contribution in [0.1, 0.15) is 5.56 Å². The SMILES string of the molecule is COc1ccc(NC(=O)CNC(=O)Cc2ccccc2F)cc1. The summed E-state index contributed by atoms with van der Waals surface area (Å²) in [5.74, 6) is -0.538. The number of hydrogen-bond acceptors (Lipinski definition) is 3. The highest BCUT2D eigenvalue weighted by Gasteiger charge is 2.09. The summed E-state index contributed by atoms with van der Waals surface area (Å²) in [6.07, 6.45) is -0.109. The molecule has 0 aliphatic carbocycles. The minimum Gasteiger partial charge on any atom is -0.497 e. The maximum atomic E-state index is 13.4. The summed E-state index contributed by atoms with van der Waals surface area (Å²) in [6.45, 7) is -0.181. The third-order valence-corrected chi connectivity index (χ3v) is 3.13. The first kappa shape index (κ1) is 16.5. The number of carbonyl (C=O) groups excluding carboxylic acids is 2. The summed E-state index contributed by atoms with van der Waals surface area (Å²) in [5, 5.41) is 5.10. The van der Waals surface area contributed by atoms with Crippen molar-refractivity contribution in [1.29, 1.82) is 0 Å². The van der Waals surface area contributed by atoms with Crippen molar-refractivity contribution in [3.63, 3.8) is 0 Å². The standard InChI is InChI=1S/C17H17FN2O3/c1-23-14-8-6-13(7-9-14)20-17(22)11-19-16(21)10-12-4-2-3-5-15(12)18/h2-9H,10-11H2,1H3,(H,19,21)(H,20,22). The molecule has 2 N–H and O–H groups in total. The van der Waals surface area contributed by atoms with Crippen molar-refractivity contribution in [3.05, 3.63) is 59.9 Å². The van der Waals surface area contributed by atoms with Crippen LogP contribution in [0, 0.1) is 5.82 Å². The second-order valence-corrected chi connectivity index (χ2v) is 4.82. The Morgan fingerprint density at radius 1 is 1.04 bits per heavy atom. The second-order valence-electron chi connectivity index (χ2n) is 4.82. The fourth-order valence-electron chi connectivity index (χ4n) is 1.94. The van der Waals surface area contributed by atoms with Crippen LogP contribution in [-0.4, -0.2) is 25.5 Å². The van der Waals surface area contributed by atoms with Crippen LogP contribution in [0.25, 0.3) is 0 Å². The number of ether oxygens (including phenoxy) is 1. The fourth-order valence-corrected chi connectivity index (χ4v) is 1.94. The van der Waals surface area contributed by atoms with Crippen LogP contribution in [0.4, 0.5) is 10.1 Å². The number of methoxy groups -OCH3 is 1. The molecule has 2 rings (SSSR count). The van der Waals surface area contributed by atoms with Gasteiger partial charge >= 0.3 is 0 Å². The first-order valence-electron chi connectivity index (χ1n) is 7.02. The number of rotatable bonds is 6. The highest BCUT2D eigenvalue weighted by molar-refractivity contribution is 5.94. The molecule has 0 bridgehead atoms. The third-order valence-electron chi connectivity index (χ3n) is 3.13. The molecule has 6 heteroatoms. The summed E-state index contributed by atoms with van der Waals surface area (Å²) in [4.78, 5) is 23.5. The van der Waals surface area contributed by atoms with Gasteiger partial charge in [-0.3, -0.25) is 9.59 Å². The molecule has 0 unspecified atom stereocenters. The van der Waals surface area contributed by atoms with Gasteiger partial charge in [0.15, 0.2) is 0 Å². The van der Waals surface area contributed by atoms with E-state index in [-0.39, 0.29) is 18.9 Å². The molecule has 0 saturated heterocycles. The number of anilines is 1. The molecule has 0 saturated carbocycles. The van der Waals surface area contributed by atoms with Crippen LogP contribution in [-0.2, 0) is 16.0 Å². The normalized spacial score (nSPS) is 10.0. The first-order valence-corrected chi connectivity index (χ1v) is 7.02. The van der Waals surface area contributed by atoms with Gasteiger partial charge in [0, 0.05) is 5.69 Å². The first-order chi connectivity index (χ1) is 11.1. The molecule has 120 valence electrons. The third kappa shape index (κ3) is 5.10. The number of nitrogens with one attached hydrogen (secondary N) is 2. The van der Waals surface area contributed by atoms with E-state index in [1.807, 2.05) is 0 Å². The number of hydrogen-bond donors (Lipinski definition) is 2. The van der Waals surface area contributed by atoms with Crippen molar-refractivity contribution < 1.29 is 18.7 Å². The second kappa shape index (κ2) is 7.93. The van der Waals surface area contributed by atoms with Gasteiger partial charge in [-0.2, -0.15) is 0 Å². The quantitative estimate of drug-likeness (QED) is 0.858. The molecule has 0 radical (unpaired) electrons. The largest absolute Gasteiger partial charge is 0.497 e. The topological polar surface area (TPSA) is 67.4 Å². The van der Waals surface area contributed by atoms with Crippen LogP contribution in [0.5, 0.6) is 5.75 Å². The van der Waals surface area contributed by atoms with Gasteiger partial charge in [-0.1, -0.05) is 18.2 Å². The van der Waals surface area contributed by atoms with Gasteiger partial charge in [-0.05, 0) is 35.9 Å². The van der Waals surface area contributed by atoms with Crippen LogP contribution in [0.3, 0.4) is 0 Å². The monoisotopic (exact) mass is 316 g/mol. The van der Waals surface area contributed by atoms with E-state index in [2.05, 4.69) is 10.6 Å². The van der Waals surface area contributed by atoms with Crippen molar-refractivity contribution in [1.82, 2.24) is 5.32 Å². The van der Waals surface area contributed by atoms with Gasteiger partial charge in [0.05, 0.1) is 20.1 Å². The molecule has 0 heterocycles. The van der Waals surface area contributed by atoms with Gasteiger partial charge < -0.3 is 15.4 Å². The molecule has 2 aromatic carbocycles. The maximum Gasteiger partial charge on any atom is 0.243 e. The fraction of sp³-hybridized carbons (Fsp3) is 0.176. The zero-order valence-electron chi connectivity index (χ0n) is 12.6. The average molecular weight is 316 g/mol. The molecule has 0 fully saturated rings. The van der Waals surface area contributed by atoms with Crippen molar-refractivity contribution in [2.45, 2.75) is 6.42 Å². The summed E-state index contributed by atoms with van der Waals surface area (Å²) in [6, 6.07) is 12.8. The van der Waals surface area contributed by atoms with Gasteiger partial charge in [0.1, 0.15) is 11.6 Å². The molecule has 0 aliphatic rings. The van der Waals surface area contributed by atoms with Crippen molar-refractivity contribution >= 4 is 17.5 Å². The lowest BCUT2D eigenvalue weighted by Gasteiger charge is -2.08. The Morgan fingerprint density at radius 3 is 2.39 bits per heavy atom. The highest BCUT2D eigenvalue weighted by atomic mass is 19.1. The minimum absolute atomic E-state index is 0.109. The van der Waals surface area contributed by atoms with E-state index in [1.54, 1.807) is 43.5 Å². The molecular formula is C17H17FN2O3. The molecule has 2 aromatic rings. The highest BCUT2D eigenvalue weighted by Crippen LogP contribution is 2.14. The molecule has 0 spiro atoms. The molecule has 0 atom stereocenters. The Labute approximate surface area is 133 Å². The zero-order chi connectivity index (χ0) is 16.7. The van der Waals surface area contributed by atoms with Crippen molar-refractivity contribution in [3.8, 4) is 5.75 Å². The number of carbonyl (C=O) groups is 2. The predicted octanol–water partition coefficient (Wildman–Crippen LogP) is 2.13. The van der Waals surface area contributed by atoms with Crippen LogP contribution >= 0.6 is 0 Å². The van der Waals surface area contributed by atoms with Crippen molar-refractivity contribution in [2.24, 2.45) is 0 Å². The van der Waals surface area contributed by atoms with E-state index in [9.17, 15) is 14.0 Å². The van der Waals surface area contributed by atoms with Gasteiger partial charge in [0.2, 0.25) is 11.8 Å². The summed E-state index contributed by atoms with van der Waals surface area (Å²) < 4.78 is 18.4. The average Bonchev–Trinajstić information content (AvgIpc) is 2.56. The lowest BCUT2D eigenvalue weighted by atomic mass is 10.1. The van der Waals surface area contributed by atoms with E-state index in [4.69, 9.17) is 4.74 Å². The Morgan fingerprint density at radius 2 is 1.74 bits per heavy atom. The van der Waals surface area contributed by atoms with Gasteiger partial charge in [-0.15, -0.1) is 0 Å². The number of benzene rings is 2. The lowest BCUT2D eigenvalue weighted by molar-refractivity contribution is -0.123. The number of amides is 2. The van der Waals surface area contributed by atoms with E-state index >= 15 is 0 Å².